The van der Waals surface area contributed by atoms with Gasteiger partial charge in [-0.1, -0.05) is 24.3 Å². The Hall–Kier alpha value is -3.68. The van der Waals surface area contributed by atoms with Gasteiger partial charge in [0.05, 0.1) is 18.5 Å². The van der Waals surface area contributed by atoms with Crippen LogP contribution in [0.5, 0.6) is 11.5 Å². The summed E-state index contributed by atoms with van der Waals surface area (Å²) in [4.78, 5) is 12.1. The molecule has 156 valence electrons. The average molecular weight is 413 g/mol. The quantitative estimate of drug-likeness (QED) is 0.534. The lowest BCUT2D eigenvalue weighted by molar-refractivity contribution is -0.116. The van der Waals surface area contributed by atoms with E-state index >= 15 is 0 Å². The van der Waals surface area contributed by atoms with Gasteiger partial charge in [-0.25, -0.2) is 4.68 Å². The van der Waals surface area contributed by atoms with Gasteiger partial charge in [-0.15, -0.1) is 0 Å². The molecule has 3 rings (SSSR count). The number of nitrogens with zero attached hydrogens (tertiary/aromatic N) is 2. The zero-order chi connectivity index (χ0) is 21.3. The van der Waals surface area contributed by atoms with Crippen LogP contribution in [-0.4, -0.2) is 28.9 Å². The summed E-state index contributed by atoms with van der Waals surface area (Å²) in [6.45, 7) is -0.588. The summed E-state index contributed by atoms with van der Waals surface area (Å²) in [7, 11) is 0. The predicted molar refractivity (Wildman–Crippen MR) is 109 cm³/mol. The van der Waals surface area contributed by atoms with Crippen LogP contribution in [0.15, 0.2) is 67.0 Å². The van der Waals surface area contributed by atoms with Crippen LogP contribution in [0.4, 0.5) is 8.78 Å². The van der Waals surface area contributed by atoms with Crippen molar-refractivity contribution in [3.8, 4) is 17.2 Å². The van der Waals surface area contributed by atoms with Crippen molar-refractivity contribution in [2.24, 2.45) is 0 Å². The van der Waals surface area contributed by atoms with Crippen LogP contribution in [0.1, 0.15) is 18.1 Å². The third-order valence-corrected chi connectivity index (χ3v) is 4.03. The van der Waals surface area contributed by atoms with Gasteiger partial charge in [-0.3, -0.25) is 4.79 Å². The maximum Gasteiger partial charge on any atom is 0.387 e. The summed E-state index contributed by atoms with van der Waals surface area (Å²) in [6, 6.07) is 14.1. The lowest BCUT2D eigenvalue weighted by atomic mass is 10.2. The Bertz CT molecular complexity index is 1000. The Balaban J connectivity index is 1.58. The van der Waals surface area contributed by atoms with Crippen LogP contribution in [0.25, 0.3) is 11.8 Å². The van der Waals surface area contributed by atoms with Crippen LogP contribution in [0.2, 0.25) is 0 Å². The summed E-state index contributed by atoms with van der Waals surface area (Å²) in [5.74, 6) is -0.161. The van der Waals surface area contributed by atoms with E-state index in [9.17, 15) is 13.6 Å². The van der Waals surface area contributed by atoms with Gasteiger partial charge in [0.15, 0.2) is 11.5 Å². The molecular formula is C22H21F2N3O3. The molecule has 1 N–H and O–H groups in total. The molecule has 8 heteroatoms. The molecule has 3 aromatic rings. The molecule has 0 atom stereocenters. The van der Waals surface area contributed by atoms with Crippen LogP contribution in [0.3, 0.4) is 0 Å². The number of rotatable bonds is 9. The zero-order valence-corrected chi connectivity index (χ0v) is 16.3. The van der Waals surface area contributed by atoms with Gasteiger partial charge in [-0.05, 0) is 42.8 Å². The Morgan fingerprint density at radius 1 is 1.20 bits per heavy atom. The van der Waals surface area contributed by atoms with E-state index in [4.69, 9.17) is 4.74 Å². The summed E-state index contributed by atoms with van der Waals surface area (Å²) < 4.78 is 36.4. The molecule has 0 fully saturated rings. The molecule has 0 spiro atoms. The molecule has 0 saturated heterocycles. The Kier molecular flexibility index (Phi) is 7.15. The van der Waals surface area contributed by atoms with Gasteiger partial charge >= 0.3 is 6.61 Å². The first-order valence-electron chi connectivity index (χ1n) is 9.31. The smallest absolute Gasteiger partial charge is 0.387 e. The van der Waals surface area contributed by atoms with Crippen molar-refractivity contribution in [3.05, 3.63) is 78.1 Å². The van der Waals surface area contributed by atoms with E-state index < -0.39 is 6.61 Å². The van der Waals surface area contributed by atoms with Gasteiger partial charge < -0.3 is 14.8 Å². The molecule has 0 radical (unpaired) electrons. The maximum absolute atomic E-state index is 12.5. The third kappa shape index (κ3) is 5.91. The Labute approximate surface area is 172 Å². The summed E-state index contributed by atoms with van der Waals surface area (Å²) >= 11 is 0. The molecule has 0 aliphatic rings. The van der Waals surface area contributed by atoms with Crippen molar-refractivity contribution in [1.29, 1.82) is 0 Å². The van der Waals surface area contributed by atoms with Crippen molar-refractivity contribution >= 4 is 12.0 Å². The molecule has 0 aliphatic heterocycles. The number of amides is 1. The lowest BCUT2D eigenvalue weighted by Gasteiger charge is -2.11. The first kappa shape index (κ1) is 21.0. The number of hydrogen-bond donors (Lipinski definition) is 1. The van der Waals surface area contributed by atoms with E-state index in [2.05, 4.69) is 15.2 Å². The van der Waals surface area contributed by atoms with E-state index in [0.29, 0.717) is 18.7 Å². The number of hydrogen-bond acceptors (Lipinski definition) is 4. The van der Waals surface area contributed by atoms with Gasteiger partial charge in [0.2, 0.25) is 5.91 Å². The van der Waals surface area contributed by atoms with Crippen LogP contribution in [-0.2, 0) is 11.3 Å². The number of ether oxygens (including phenoxy) is 2. The summed E-state index contributed by atoms with van der Waals surface area (Å²) in [5, 5.41) is 7.06. The first-order valence-corrected chi connectivity index (χ1v) is 9.31. The van der Waals surface area contributed by atoms with Crippen molar-refractivity contribution in [3.63, 3.8) is 0 Å². The van der Waals surface area contributed by atoms with E-state index in [0.717, 1.165) is 11.3 Å². The zero-order valence-electron chi connectivity index (χ0n) is 16.3. The first-order chi connectivity index (χ1) is 14.5. The normalized spacial score (nSPS) is 11.1. The highest BCUT2D eigenvalue weighted by Gasteiger charge is 2.11. The number of carbonyl (C=O) groups excluding carboxylic acids is 1. The number of alkyl halides is 2. The monoisotopic (exact) mass is 413 g/mol. The molecule has 1 aromatic heterocycles. The predicted octanol–water partition coefficient (Wildman–Crippen LogP) is 4.20. The second-order valence-electron chi connectivity index (χ2n) is 6.20. The van der Waals surface area contributed by atoms with Gasteiger partial charge in [-0.2, -0.15) is 13.9 Å². The molecule has 0 saturated carbocycles. The van der Waals surface area contributed by atoms with Gasteiger partial charge in [0.1, 0.15) is 0 Å². The minimum absolute atomic E-state index is 0.0520. The summed E-state index contributed by atoms with van der Waals surface area (Å²) in [6.07, 6.45) is 6.46. The number of benzene rings is 2. The second-order valence-corrected chi connectivity index (χ2v) is 6.20. The van der Waals surface area contributed by atoms with Gasteiger partial charge in [0.25, 0.3) is 0 Å². The molecule has 2 aromatic carbocycles. The minimum atomic E-state index is -2.94. The SMILES string of the molecule is CCOc1cc(/C=C/C(=O)NCc2cnn(-c3ccccc3)c2)ccc1OC(F)F. The molecule has 30 heavy (non-hydrogen) atoms. The molecular weight excluding hydrogens is 392 g/mol. The van der Waals surface area contributed by atoms with E-state index in [1.165, 1.54) is 18.2 Å². The average Bonchev–Trinajstić information content (AvgIpc) is 3.22. The highest BCUT2D eigenvalue weighted by molar-refractivity contribution is 5.91. The fraction of sp³-hybridized carbons (Fsp3) is 0.182. The Morgan fingerprint density at radius 3 is 2.73 bits per heavy atom. The fourth-order valence-corrected chi connectivity index (χ4v) is 2.68. The van der Waals surface area contributed by atoms with Crippen molar-refractivity contribution in [1.82, 2.24) is 15.1 Å². The van der Waals surface area contributed by atoms with Crippen molar-refractivity contribution in [2.75, 3.05) is 6.61 Å². The van der Waals surface area contributed by atoms with Crippen molar-refractivity contribution < 1.29 is 23.0 Å². The molecule has 6 nitrogen and oxygen atoms in total. The van der Waals surface area contributed by atoms with Crippen LogP contribution in [0, 0.1) is 0 Å². The number of aromatic nitrogens is 2. The summed E-state index contributed by atoms with van der Waals surface area (Å²) in [5.41, 5.74) is 2.40. The largest absolute Gasteiger partial charge is 0.490 e. The number of halogens is 2. The highest BCUT2D eigenvalue weighted by atomic mass is 19.3. The highest BCUT2D eigenvalue weighted by Crippen LogP contribution is 2.30. The van der Waals surface area contributed by atoms with E-state index in [1.807, 2.05) is 36.5 Å². The minimum Gasteiger partial charge on any atom is -0.490 e. The van der Waals surface area contributed by atoms with Crippen LogP contribution < -0.4 is 14.8 Å². The molecule has 1 amide bonds. The lowest BCUT2D eigenvalue weighted by Crippen LogP contribution is -2.19. The molecule has 0 bridgehead atoms. The second kappa shape index (κ2) is 10.2. The van der Waals surface area contributed by atoms with E-state index in [1.54, 1.807) is 29.9 Å². The van der Waals surface area contributed by atoms with E-state index in [-0.39, 0.29) is 17.4 Å². The number of carbonyl (C=O) groups is 1. The molecule has 1 heterocycles. The fourth-order valence-electron chi connectivity index (χ4n) is 2.68. The molecule has 0 unspecified atom stereocenters. The maximum atomic E-state index is 12.5. The number of para-hydroxylation sites is 1. The third-order valence-electron chi connectivity index (χ3n) is 4.03. The topological polar surface area (TPSA) is 65.4 Å². The Morgan fingerprint density at radius 2 is 2.00 bits per heavy atom. The van der Waals surface area contributed by atoms with Gasteiger partial charge in [0, 0.05) is 24.4 Å². The van der Waals surface area contributed by atoms with Crippen LogP contribution >= 0.6 is 0 Å². The standard InChI is InChI=1S/C22H21F2N3O3/c1-2-29-20-12-16(8-10-19(20)30-22(23)24)9-11-21(28)25-13-17-14-26-27(15-17)18-6-4-3-5-7-18/h3-12,14-15,22H,2,13H2,1H3,(H,25,28)/b11-9+. The number of nitrogens with one attached hydrogen (secondary N) is 1. The van der Waals surface area contributed by atoms with Crippen molar-refractivity contribution in [2.45, 2.75) is 20.1 Å². The molecule has 0 aliphatic carbocycles.